The third-order valence-corrected chi connectivity index (χ3v) is 4.30. The number of hydrogen-bond donors (Lipinski definition) is 2. The summed E-state index contributed by atoms with van der Waals surface area (Å²) in [7, 11) is 0. The van der Waals surface area contributed by atoms with E-state index in [2.05, 4.69) is 20.5 Å². The molecule has 0 saturated carbocycles. The van der Waals surface area contributed by atoms with Crippen LogP contribution in [-0.2, 0) is 0 Å². The molecule has 0 spiro atoms. The predicted octanol–water partition coefficient (Wildman–Crippen LogP) is 3.00. The maximum atomic E-state index is 12.4. The number of aryl methyl sites for hydroxylation is 1. The topological polar surface area (TPSA) is 91.0 Å². The van der Waals surface area contributed by atoms with Gasteiger partial charge in [-0.05, 0) is 51.1 Å². The number of aromatic nitrogens is 3. The molecular formula is C19H21N5O2. The fraction of sp³-hybridized carbons (Fsp3) is 0.263. The molecule has 2 heterocycles. The minimum absolute atomic E-state index is 0.0181. The Balaban J connectivity index is 1.74. The molecule has 0 aliphatic carbocycles. The van der Waals surface area contributed by atoms with Gasteiger partial charge in [0.25, 0.3) is 11.8 Å². The Morgan fingerprint density at radius 1 is 1.15 bits per heavy atom. The van der Waals surface area contributed by atoms with Gasteiger partial charge in [0.05, 0.1) is 6.20 Å². The number of pyridine rings is 1. The molecule has 0 aliphatic rings. The molecule has 2 N–H and O–H groups in total. The zero-order valence-corrected chi connectivity index (χ0v) is 15.0. The van der Waals surface area contributed by atoms with Gasteiger partial charge in [-0.15, -0.1) is 0 Å². The number of carbonyl (C=O) groups is 2. The van der Waals surface area contributed by atoms with E-state index in [1.807, 2.05) is 20.8 Å². The molecule has 0 radical (unpaired) electrons. The van der Waals surface area contributed by atoms with Crippen molar-refractivity contribution in [3.05, 3.63) is 53.5 Å². The minimum atomic E-state index is -0.310. The van der Waals surface area contributed by atoms with Gasteiger partial charge in [0.2, 0.25) is 0 Å². The highest BCUT2D eigenvalue weighted by atomic mass is 16.2. The van der Waals surface area contributed by atoms with Crippen molar-refractivity contribution in [3.8, 4) is 0 Å². The van der Waals surface area contributed by atoms with Crippen LogP contribution in [0.4, 0.5) is 5.69 Å². The molecule has 134 valence electrons. The molecule has 0 atom stereocenters. The first-order valence-corrected chi connectivity index (χ1v) is 8.54. The van der Waals surface area contributed by atoms with Gasteiger partial charge in [0, 0.05) is 35.4 Å². The average molecular weight is 351 g/mol. The van der Waals surface area contributed by atoms with Crippen molar-refractivity contribution in [3.63, 3.8) is 0 Å². The number of anilines is 1. The number of benzene rings is 1. The van der Waals surface area contributed by atoms with Crippen molar-refractivity contribution in [1.82, 2.24) is 20.1 Å². The normalized spacial score (nSPS) is 10.7. The Hall–Kier alpha value is -3.22. The van der Waals surface area contributed by atoms with Gasteiger partial charge in [-0.1, -0.05) is 0 Å². The molecule has 3 aromatic rings. The summed E-state index contributed by atoms with van der Waals surface area (Å²) >= 11 is 0. The molecule has 0 unspecified atom stereocenters. The summed E-state index contributed by atoms with van der Waals surface area (Å²) in [4.78, 5) is 30.6. The monoisotopic (exact) mass is 351 g/mol. The van der Waals surface area contributed by atoms with Gasteiger partial charge < -0.3 is 10.2 Å². The van der Waals surface area contributed by atoms with E-state index in [0.717, 1.165) is 16.6 Å². The summed E-state index contributed by atoms with van der Waals surface area (Å²) in [5.41, 5.74) is 3.12. The lowest BCUT2D eigenvalue weighted by Crippen LogP contribution is -2.30. The fourth-order valence-corrected chi connectivity index (χ4v) is 2.75. The highest BCUT2D eigenvalue weighted by Crippen LogP contribution is 2.17. The summed E-state index contributed by atoms with van der Waals surface area (Å²) in [5.74, 6) is -0.328. The number of aromatic amines is 1. The quantitative estimate of drug-likeness (QED) is 0.739. The molecule has 3 rings (SSSR count). The maximum absolute atomic E-state index is 12.4. The van der Waals surface area contributed by atoms with Crippen molar-refractivity contribution in [2.24, 2.45) is 0 Å². The van der Waals surface area contributed by atoms with Crippen molar-refractivity contribution < 1.29 is 9.59 Å². The van der Waals surface area contributed by atoms with E-state index in [1.54, 1.807) is 41.4 Å². The van der Waals surface area contributed by atoms with Crippen LogP contribution < -0.4 is 5.32 Å². The molecule has 7 nitrogen and oxygen atoms in total. The third-order valence-electron chi connectivity index (χ3n) is 4.30. The van der Waals surface area contributed by atoms with Gasteiger partial charge >= 0.3 is 0 Å². The smallest absolute Gasteiger partial charge is 0.274 e. The van der Waals surface area contributed by atoms with Gasteiger partial charge in [0.15, 0.2) is 0 Å². The minimum Gasteiger partial charge on any atom is -0.339 e. The number of H-pyrrole nitrogens is 1. The molecule has 2 amide bonds. The van der Waals surface area contributed by atoms with Crippen molar-refractivity contribution >= 4 is 28.4 Å². The largest absolute Gasteiger partial charge is 0.339 e. The van der Waals surface area contributed by atoms with Crippen LogP contribution in [0.1, 0.15) is 40.4 Å². The molecule has 0 bridgehead atoms. The second-order valence-corrected chi connectivity index (χ2v) is 5.94. The molecule has 0 aliphatic heterocycles. The van der Waals surface area contributed by atoms with E-state index in [9.17, 15) is 9.59 Å². The Kier molecular flexibility index (Phi) is 4.97. The Bertz CT molecular complexity index is 942. The van der Waals surface area contributed by atoms with E-state index in [4.69, 9.17) is 0 Å². The van der Waals surface area contributed by atoms with E-state index in [-0.39, 0.29) is 11.8 Å². The van der Waals surface area contributed by atoms with Gasteiger partial charge in [-0.3, -0.25) is 14.7 Å². The Morgan fingerprint density at radius 3 is 2.50 bits per heavy atom. The van der Waals surface area contributed by atoms with Crippen LogP contribution in [-0.4, -0.2) is 45.0 Å². The first-order chi connectivity index (χ1) is 12.5. The van der Waals surface area contributed by atoms with Crippen molar-refractivity contribution in [1.29, 1.82) is 0 Å². The molecule has 2 aromatic heterocycles. The summed E-state index contributed by atoms with van der Waals surface area (Å²) in [6.07, 6.45) is 1.57. The first-order valence-electron chi connectivity index (χ1n) is 8.54. The third kappa shape index (κ3) is 3.42. The number of hydrogen-bond acceptors (Lipinski definition) is 4. The lowest BCUT2D eigenvalue weighted by atomic mass is 10.1. The van der Waals surface area contributed by atoms with E-state index in [1.165, 1.54) is 0 Å². The predicted molar refractivity (Wildman–Crippen MR) is 100 cm³/mol. The second kappa shape index (κ2) is 7.35. The summed E-state index contributed by atoms with van der Waals surface area (Å²) in [6, 6.07) is 8.58. The molecule has 26 heavy (non-hydrogen) atoms. The highest BCUT2D eigenvalue weighted by molar-refractivity contribution is 6.05. The van der Waals surface area contributed by atoms with Crippen LogP contribution >= 0.6 is 0 Å². The number of fused-ring (bicyclic) bond motifs is 1. The standard InChI is InChI=1S/C19H21N5O2/c1-4-24(5-2)19(26)13-6-8-14(9-7-13)21-18(25)16-10-15-12(3)22-23-17(15)11-20-16/h6-11H,4-5H2,1-3H3,(H,21,25)(H,22,23). The lowest BCUT2D eigenvalue weighted by Gasteiger charge is -2.18. The van der Waals surface area contributed by atoms with Gasteiger partial charge in [-0.25, -0.2) is 4.98 Å². The zero-order valence-electron chi connectivity index (χ0n) is 15.0. The number of carbonyl (C=O) groups excluding carboxylic acids is 2. The van der Waals surface area contributed by atoms with Gasteiger partial charge in [0.1, 0.15) is 11.2 Å². The fourth-order valence-electron chi connectivity index (χ4n) is 2.75. The lowest BCUT2D eigenvalue weighted by molar-refractivity contribution is 0.0773. The number of nitrogens with zero attached hydrogens (tertiary/aromatic N) is 3. The number of rotatable bonds is 5. The zero-order chi connectivity index (χ0) is 18.7. The maximum Gasteiger partial charge on any atom is 0.274 e. The van der Waals surface area contributed by atoms with E-state index >= 15 is 0 Å². The number of amides is 2. The Labute approximate surface area is 151 Å². The SMILES string of the molecule is CCN(CC)C(=O)c1ccc(NC(=O)c2cc3c(C)[nH]nc3cn2)cc1. The van der Waals surface area contributed by atoms with Gasteiger partial charge in [-0.2, -0.15) is 5.10 Å². The Morgan fingerprint density at radius 2 is 1.85 bits per heavy atom. The van der Waals surface area contributed by atoms with Crippen molar-refractivity contribution in [2.45, 2.75) is 20.8 Å². The van der Waals surface area contributed by atoms with Crippen LogP contribution in [0.2, 0.25) is 0 Å². The summed E-state index contributed by atoms with van der Waals surface area (Å²) < 4.78 is 0. The van der Waals surface area contributed by atoms with Crippen molar-refractivity contribution in [2.75, 3.05) is 18.4 Å². The number of nitrogens with one attached hydrogen (secondary N) is 2. The summed E-state index contributed by atoms with van der Waals surface area (Å²) in [6.45, 7) is 7.11. The highest BCUT2D eigenvalue weighted by Gasteiger charge is 2.14. The second-order valence-electron chi connectivity index (χ2n) is 5.94. The molecule has 0 fully saturated rings. The van der Waals surface area contributed by atoms with Crippen LogP contribution in [0.15, 0.2) is 36.5 Å². The van der Waals surface area contributed by atoms with Crippen LogP contribution in [0, 0.1) is 6.92 Å². The van der Waals surface area contributed by atoms with E-state index < -0.39 is 0 Å². The van der Waals surface area contributed by atoms with Crippen LogP contribution in [0.5, 0.6) is 0 Å². The molecule has 1 aromatic carbocycles. The summed E-state index contributed by atoms with van der Waals surface area (Å²) in [5, 5.41) is 10.6. The van der Waals surface area contributed by atoms with E-state index in [0.29, 0.717) is 30.0 Å². The van der Waals surface area contributed by atoms with Crippen LogP contribution in [0.3, 0.4) is 0 Å². The molecule has 7 heteroatoms. The van der Waals surface area contributed by atoms with Crippen LogP contribution in [0.25, 0.3) is 10.9 Å². The molecular weight excluding hydrogens is 330 g/mol. The first kappa shape index (κ1) is 17.6. The average Bonchev–Trinajstić information content (AvgIpc) is 3.03. The molecule has 0 saturated heterocycles.